The first-order valence-corrected chi connectivity index (χ1v) is 6.22. The molecule has 0 atom stereocenters. The number of rotatable bonds is 5. The van der Waals surface area contributed by atoms with Crippen LogP contribution in [0.3, 0.4) is 0 Å². The van der Waals surface area contributed by atoms with Crippen molar-refractivity contribution in [3.8, 4) is 0 Å². The fourth-order valence-corrected chi connectivity index (χ4v) is 1.93. The van der Waals surface area contributed by atoms with Crippen molar-refractivity contribution < 1.29 is 9.31 Å². The van der Waals surface area contributed by atoms with Crippen molar-refractivity contribution in [3.05, 3.63) is 50.8 Å². The first-order valence-electron chi connectivity index (χ1n) is 5.42. The van der Waals surface area contributed by atoms with Crippen LogP contribution in [0.5, 0.6) is 0 Å². The molecule has 0 radical (unpaired) electrons. The number of hydrogen-bond acceptors (Lipinski definition) is 4. The second-order valence-corrected chi connectivity index (χ2v) is 4.65. The molecule has 0 aliphatic heterocycles. The number of nitro benzene ring substituents is 1. The SMILES string of the molecule is O=[N+]([O-])c1cc(F)c(Br)cc1NCCc1cnc[nH]1. The molecule has 100 valence electrons. The van der Waals surface area contributed by atoms with E-state index in [0.717, 1.165) is 11.8 Å². The van der Waals surface area contributed by atoms with Crippen molar-refractivity contribution in [2.24, 2.45) is 0 Å². The molecule has 0 saturated carbocycles. The summed E-state index contributed by atoms with van der Waals surface area (Å²) in [7, 11) is 0. The Hall–Kier alpha value is -1.96. The summed E-state index contributed by atoms with van der Waals surface area (Å²) < 4.78 is 13.5. The molecule has 1 aromatic heterocycles. The van der Waals surface area contributed by atoms with E-state index in [4.69, 9.17) is 0 Å². The Morgan fingerprint density at radius 1 is 1.53 bits per heavy atom. The fourth-order valence-electron chi connectivity index (χ4n) is 1.58. The summed E-state index contributed by atoms with van der Waals surface area (Å²) in [5, 5.41) is 13.8. The number of nitrogens with one attached hydrogen (secondary N) is 2. The van der Waals surface area contributed by atoms with Gasteiger partial charge in [-0.05, 0) is 22.0 Å². The molecule has 0 fully saturated rings. The number of halogens is 2. The van der Waals surface area contributed by atoms with E-state index in [1.54, 1.807) is 12.5 Å². The van der Waals surface area contributed by atoms with E-state index in [9.17, 15) is 14.5 Å². The molecule has 2 N–H and O–H groups in total. The molecule has 2 rings (SSSR count). The quantitative estimate of drug-likeness (QED) is 0.653. The zero-order chi connectivity index (χ0) is 13.8. The fraction of sp³-hybridized carbons (Fsp3) is 0.182. The van der Waals surface area contributed by atoms with Gasteiger partial charge in [-0.15, -0.1) is 0 Å². The second kappa shape index (κ2) is 5.79. The Balaban J connectivity index is 2.10. The zero-order valence-corrected chi connectivity index (χ0v) is 11.3. The molecule has 0 unspecified atom stereocenters. The van der Waals surface area contributed by atoms with Gasteiger partial charge in [-0.1, -0.05) is 0 Å². The van der Waals surface area contributed by atoms with Gasteiger partial charge in [0.2, 0.25) is 0 Å². The lowest BCUT2D eigenvalue weighted by Gasteiger charge is -2.07. The number of aromatic nitrogens is 2. The number of imidazole rings is 1. The number of H-pyrrole nitrogens is 1. The summed E-state index contributed by atoms with van der Waals surface area (Å²) in [5.41, 5.74) is 0.902. The van der Waals surface area contributed by atoms with Gasteiger partial charge in [0.1, 0.15) is 11.5 Å². The Kier molecular flexibility index (Phi) is 4.10. The standard InChI is InChI=1S/C11H10BrFN4O2/c12-8-3-10(11(17(18)19)4-9(8)13)15-2-1-7-5-14-6-16-7/h3-6,15H,1-2H2,(H,14,16). The minimum atomic E-state index is -0.661. The molecule has 0 saturated heterocycles. The molecular weight excluding hydrogens is 319 g/mol. The summed E-state index contributed by atoms with van der Waals surface area (Å²) in [5.74, 6) is -0.661. The zero-order valence-electron chi connectivity index (χ0n) is 9.69. The van der Waals surface area contributed by atoms with Gasteiger partial charge in [0.15, 0.2) is 0 Å². The van der Waals surface area contributed by atoms with Crippen molar-refractivity contribution in [2.45, 2.75) is 6.42 Å². The van der Waals surface area contributed by atoms with Gasteiger partial charge in [0.25, 0.3) is 5.69 Å². The molecule has 0 aliphatic carbocycles. The minimum Gasteiger partial charge on any atom is -0.379 e. The Morgan fingerprint density at radius 2 is 2.32 bits per heavy atom. The van der Waals surface area contributed by atoms with Crippen LogP contribution in [0.4, 0.5) is 15.8 Å². The molecule has 1 aromatic carbocycles. The Labute approximate surface area is 116 Å². The third-order valence-electron chi connectivity index (χ3n) is 2.50. The first kappa shape index (κ1) is 13.5. The highest BCUT2D eigenvalue weighted by molar-refractivity contribution is 9.10. The van der Waals surface area contributed by atoms with Gasteiger partial charge in [0.05, 0.1) is 21.8 Å². The largest absolute Gasteiger partial charge is 0.379 e. The lowest BCUT2D eigenvalue weighted by Crippen LogP contribution is -2.07. The topological polar surface area (TPSA) is 83.8 Å². The highest BCUT2D eigenvalue weighted by Gasteiger charge is 2.17. The van der Waals surface area contributed by atoms with Crippen molar-refractivity contribution in [1.29, 1.82) is 0 Å². The van der Waals surface area contributed by atoms with Gasteiger partial charge < -0.3 is 10.3 Å². The Morgan fingerprint density at radius 3 is 2.95 bits per heavy atom. The number of nitro groups is 1. The van der Waals surface area contributed by atoms with E-state index in [1.807, 2.05) is 0 Å². The predicted molar refractivity (Wildman–Crippen MR) is 71.5 cm³/mol. The van der Waals surface area contributed by atoms with Crippen molar-refractivity contribution >= 4 is 27.3 Å². The summed E-state index contributed by atoms with van der Waals surface area (Å²) in [6.07, 6.45) is 3.87. The van der Waals surface area contributed by atoms with Gasteiger partial charge in [-0.2, -0.15) is 0 Å². The van der Waals surface area contributed by atoms with Crippen LogP contribution < -0.4 is 5.32 Å². The number of aromatic amines is 1. The van der Waals surface area contributed by atoms with E-state index < -0.39 is 10.7 Å². The first-order chi connectivity index (χ1) is 9.08. The van der Waals surface area contributed by atoms with Crippen LogP contribution in [0, 0.1) is 15.9 Å². The number of anilines is 1. The predicted octanol–water partition coefficient (Wildman–Crippen LogP) is 2.87. The molecular formula is C11H10BrFN4O2. The minimum absolute atomic E-state index is 0.183. The number of benzene rings is 1. The third kappa shape index (κ3) is 3.28. The summed E-state index contributed by atoms with van der Waals surface area (Å²) in [6.45, 7) is 0.473. The van der Waals surface area contributed by atoms with Gasteiger partial charge in [0, 0.05) is 24.9 Å². The maximum atomic E-state index is 13.3. The molecule has 0 aliphatic rings. The van der Waals surface area contributed by atoms with Gasteiger partial charge >= 0.3 is 0 Å². The van der Waals surface area contributed by atoms with Crippen LogP contribution in [0.15, 0.2) is 29.1 Å². The van der Waals surface area contributed by atoms with Crippen molar-refractivity contribution in [3.63, 3.8) is 0 Å². The van der Waals surface area contributed by atoms with Crippen LogP contribution >= 0.6 is 15.9 Å². The monoisotopic (exact) mass is 328 g/mol. The molecule has 6 nitrogen and oxygen atoms in total. The molecule has 0 spiro atoms. The smallest absolute Gasteiger partial charge is 0.295 e. The van der Waals surface area contributed by atoms with Crippen LogP contribution in [0.2, 0.25) is 0 Å². The Bertz CT molecular complexity index is 589. The maximum absolute atomic E-state index is 13.3. The highest BCUT2D eigenvalue weighted by atomic mass is 79.9. The van der Waals surface area contributed by atoms with E-state index in [0.29, 0.717) is 13.0 Å². The molecule has 2 aromatic rings. The average Bonchev–Trinajstić information content (AvgIpc) is 2.86. The summed E-state index contributed by atoms with van der Waals surface area (Å²) in [6, 6.07) is 2.25. The van der Waals surface area contributed by atoms with E-state index in [2.05, 4.69) is 31.2 Å². The average molecular weight is 329 g/mol. The van der Waals surface area contributed by atoms with E-state index in [1.165, 1.54) is 6.07 Å². The lowest BCUT2D eigenvalue weighted by molar-refractivity contribution is -0.384. The van der Waals surface area contributed by atoms with Crippen LogP contribution in [-0.4, -0.2) is 21.4 Å². The number of nitrogens with zero attached hydrogens (tertiary/aromatic N) is 2. The molecule has 0 amide bonds. The molecule has 0 bridgehead atoms. The van der Waals surface area contributed by atoms with Crippen molar-refractivity contribution in [2.75, 3.05) is 11.9 Å². The highest BCUT2D eigenvalue weighted by Crippen LogP contribution is 2.30. The lowest BCUT2D eigenvalue weighted by atomic mass is 10.2. The van der Waals surface area contributed by atoms with Crippen LogP contribution in [0.25, 0.3) is 0 Å². The molecule has 1 heterocycles. The summed E-state index contributed by atoms with van der Waals surface area (Å²) in [4.78, 5) is 17.0. The number of hydrogen-bond donors (Lipinski definition) is 2. The van der Waals surface area contributed by atoms with E-state index >= 15 is 0 Å². The molecule has 19 heavy (non-hydrogen) atoms. The normalized spacial score (nSPS) is 10.4. The second-order valence-electron chi connectivity index (χ2n) is 3.79. The maximum Gasteiger partial charge on any atom is 0.295 e. The van der Waals surface area contributed by atoms with Crippen molar-refractivity contribution in [1.82, 2.24) is 9.97 Å². The van der Waals surface area contributed by atoms with Crippen LogP contribution in [0.1, 0.15) is 5.69 Å². The van der Waals surface area contributed by atoms with E-state index in [-0.39, 0.29) is 15.8 Å². The van der Waals surface area contributed by atoms with Gasteiger partial charge in [-0.25, -0.2) is 9.37 Å². The third-order valence-corrected chi connectivity index (χ3v) is 3.11. The molecule has 8 heteroatoms. The summed E-state index contributed by atoms with van der Waals surface area (Å²) >= 11 is 3.01. The van der Waals surface area contributed by atoms with Gasteiger partial charge in [-0.3, -0.25) is 10.1 Å². The van der Waals surface area contributed by atoms with Crippen LogP contribution in [-0.2, 0) is 6.42 Å².